The Morgan fingerprint density at radius 2 is 2.06 bits per heavy atom. The van der Waals surface area contributed by atoms with Gasteiger partial charge in [-0.1, -0.05) is 0 Å². The molecule has 0 aromatic carbocycles. The number of aliphatic hydroxyl groups is 1. The summed E-state index contributed by atoms with van der Waals surface area (Å²) < 4.78 is 0. The van der Waals surface area contributed by atoms with Crippen molar-refractivity contribution in [1.82, 2.24) is 4.90 Å². The SMILES string of the molecule is O=C(O)CSCC(=O)N1CCCCC1CO. The Morgan fingerprint density at radius 3 is 2.69 bits per heavy atom. The maximum absolute atomic E-state index is 11.7. The fraction of sp³-hybridized carbons (Fsp3) is 0.800. The topological polar surface area (TPSA) is 77.8 Å². The van der Waals surface area contributed by atoms with E-state index in [0.29, 0.717) is 6.54 Å². The zero-order valence-electron chi connectivity index (χ0n) is 9.09. The second-order valence-electron chi connectivity index (χ2n) is 3.81. The summed E-state index contributed by atoms with van der Waals surface area (Å²) in [4.78, 5) is 23.7. The Labute approximate surface area is 98.8 Å². The number of carbonyl (C=O) groups excluding carboxylic acids is 1. The number of hydrogen-bond donors (Lipinski definition) is 2. The van der Waals surface area contributed by atoms with Crippen molar-refractivity contribution < 1.29 is 19.8 Å². The summed E-state index contributed by atoms with van der Waals surface area (Å²) in [5.41, 5.74) is 0. The number of rotatable bonds is 5. The lowest BCUT2D eigenvalue weighted by atomic mass is 10.0. The van der Waals surface area contributed by atoms with Crippen LogP contribution in [0.15, 0.2) is 0 Å². The normalized spacial score (nSPS) is 20.8. The molecule has 0 saturated carbocycles. The van der Waals surface area contributed by atoms with Crippen molar-refractivity contribution >= 4 is 23.6 Å². The summed E-state index contributed by atoms with van der Waals surface area (Å²) in [6, 6.07) is -0.0771. The molecular weight excluding hydrogens is 230 g/mol. The van der Waals surface area contributed by atoms with Crippen molar-refractivity contribution in [2.45, 2.75) is 25.3 Å². The van der Waals surface area contributed by atoms with E-state index in [2.05, 4.69) is 0 Å². The molecule has 0 radical (unpaired) electrons. The molecule has 1 atom stereocenters. The van der Waals surface area contributed by atoms with Crippen LogP contribution in [-0.2, 0) is 9.59 Å². The van der Waals surface area contributed by atoms with E-state index in [0.717, 1.165) is 31.0 Å². The molecule has 0 bridgehead atoms. The van der Waals surface area contributed by atoms with Crippen LogP contribution >= 0.6 is 11.8 Å². The van der Waals surface area contributed by atoms with Crippen molar-refractivity contribution in [2.24, 2.45) is 0 Å². The van der Waals surface area contributed by atoms with Gasteiger partial charge in [-0.2, -0.15) is 0 Å². The highest BCUT2D eigenvalue weighted by Gasteiger charge is 2.25. The molecule has 0 spiro atoms. The molecule has 1 fully saturated rings. The van der Waals surface area contributed by atoms with Crippen LogP contribution in [0.5, 0.6) is 0 Å². The maximum Gasteiger partial charge on any atom is 0.313 e. The summed E-state index contributed by atoms with van der Waals surface area (Å²) >= 11 is 1.10. The highest BCUT2D eigenvalue weighted by molar-refractivity contribution is 8.00. The van der Waals surface area contributed by atoms with E-state index in [9.17, 15) is 9.59 Å². The second kappa shape index (κ2) is 6.75. The minimum atomic E-state index is -0.907. The number of thioether (sulfide) groups is 1. The van der Waals surface area contributed by atoms with Gasteiger partial charge in [0.2, 0.25) is 5.91 Å². The lowest BCUT2D eigenvalue weighted by Gasteiger charge is -2.34. The summed E-state index contributed by atoms with van der Waals surface area (Å²) in [7, 11) is 0. The van der Waals surface area contributed by atoms with Gasteiger partial charge < -0.3 is 15.1 Å². The Morgan fingerprint density at radius 1 is 1.31 bits per heavy atom. The molecule has 1 aliphatic rings. The number of carboxylic acid groups (broad SMARTS) is 1. The molecule has 6 heteroatoms. The van der Waals surface area contributed by atoms with Crippen molar-refractivity contribution in [3.63, 3.8) is 0 Å². The smallest absolute Gasteiger partial charge is 0.313 e. The zero-order valence-corrected chi connectivity index (χ0v) is 9.91. The third-order valence-electron chi connectivity index (χ3n) is 2.61. The predicted octanol–water partition coefficient (Wildman–Crippen LogP) is 0.178. The fourth-order valence-corrected chi connectivity index (χ4v) is 2.44. The largest absolute Gasteiger partial charge is 0.481 e. The first kappa shape index (κ1) is 13.3. The molecule has 92 valence electrons. The number of amides is 1. The molecule has 16 heavy (non-hydrogen) atoms. The first-order chi connectivity index (χ1) is 7.65. The van der Waals surface area contributed by atoms with Crippen molar-refractivity contribution in [2.75, 3.05) is 24.7 Å². The van der Waals surface area contributed by atoms with Gasteiger partial charge in [0.15, 0.2) is 0 Å². The predicted molar refractivity (Wildman–Crippen MR) is 61.4 cm³/mol. The zero-order chi connectivity index (χ0) is 12.0. The molecule has 2 N–H and O–H groups in total. The maximum atomic E-state index is 11.7. The van der Waals surface area contributed by atoms with Crippen LogP contribution < -0.4 is 0 Å². The van der Waals surface area contributed by atoms with Gasteiger partial charge in [0.1, 0.15) is 0 Å². The molecule has 0 aromatic rings. The molecule has 1 unspecified atom stereocenters. The average molecular weight is 247 g/mol. The highest BCUT2D eigenvalue weighted by atomic mass is 32.2. The van der Waals surface area contributed by atoms with Gasteiger partial charge in [0, 0.05) is 6.54 Å². The Bertz CT molecular complexity index is 259. The number of aliphatic carboxylic acids is 1. The second-order valence-corrected chi connectivity index (χ2v) is 4.79. The number of piperidine rings is 1. The summed E-state index contributed by atoms with van der Waals surface area (Å²) in [5.74, 6) is -0.841. The minimum Gasteiger partial charge on any atom is -0.481 e. The molecule has 1 saturated heterocycles. The van der Waals surface area contributed by atoms with E-state index in [4.69, 9.17) is 10.2 Å². The molecule has 1 heterocycles. The van der Waals surface area contributed by atoms with Crippen LogP contribution in [0.25, 0.3) is 0 Å². The summed E-state index contributed by atoms with van der Waals surface area (Å²) in [5, 5.41) is 17.6. The molecular formula is C10H17NO4S. The van der Waals surface area contributed by atoms with Gasteiger partial charge in [-0.05, 0) is 19.3 Å². The Hall–Kier alpha value is -0.750. The van der Waals surface area contributed by atoms with Gasteiger partial charge in [-0.3, -0.25) is 9.59 Å². The van der Waals surface area contributed by atoms with E-state index in [-0.39, 0.29) is 30.1 Å². The van der Waals surface area contributed by atoms with E-state index in [1.54, 1.807) is 4.90 Å². The van der Waals surface area contributed by atoms with E-state index in [1.165, 1.54) is 0 Å². The Balaban J connectivity index is 2.35. The summed E-state index contributed by atoms with van der Waals surface area (Å²) in [6.45, 7) is 0.674. The molecule has 5 nitrogen and oxygen atoms in total. The number of carboxylic acids is 1. The fourth-order valence-electron chi connectivity index (χ4n) is 1.83. The lowest BCUT2D eigenvalue weighted by Crippen LogP contribution is -2.46. The van der Waals surface area contributed by atoms with Gasteiger partial charge in [-0.25, -0.2) is 0 Å². The minimum absolute atomic E-state index is 0.00463. The van der Waals surface area contributed by atoms with Crippen LogP contribution in [0, 0.1) is 0 Å². The standard InChI is InChI=1S/C10H17NO4S/c12-5-8-3-1-2-4-11(8)9(13)6-16-7-10(14)15/h8,12H,1-7H2,(H,14,15). The average Bonchev–Trinajstić information content (AvgIpc) is 2.28. The van der Waals surface area contributed by atoms with Crippen molar-refractivity contribution in [1.29, 1.82) is 0 Å². The van der Waals surface area contributed by atoms with Crippen LogP contribution in [-0.4, -0.2) is 57.7 Å². The quantitative estimate of drug-likeness (QED) is 0.724. The summed E-state index contributed by atoms with van der Waals surface area (Å²) in [6.07, 6.45) is 2.84. The molecule has 1 rings (SSSR count). The number of likely N-dealkylation sites (tertiary alicyclic amines) is 1. The van der Waals surface area contributed by atoms with E-state index >= 15 is 0 Å². The number of aliphatic hydroxyl groups excluding tert-OH is 1. The first-order valence-corrected chi connectivity index (χ1v) is 6.50. The Kier molecular flexibility index (Phi) is 5.62. The monoisotopic (exact) mass is 247 g/mol. The highest BCUT2D eigenvalue weighted by Crippen LogP contribution is 2.17. The van der Waals surface area contributed by atoms with Gasteiger partial charge in [0.25, 0.3) is 0 Å². The van der Waals surface area contributed by atoms with Crippen molar-refractivity contribution in [3.05, 3.63) is 0 Å². The number of nitrogens with zero attached hydrogens (tertiary/aromatic N) is 1. The van der Waals surface area contributed by atoms with Gasteiger partial charge in [-0.15, -0.1) is 11.8 Å². The third kappa shape index (κ3) is 4.02. The van der Waals surface area contributed by atoms with Gasteiger partial charge in [0.05, 0.1) is 24.2 Å². The van der Waals surface area contributed by atoms with Crippen LogP contribution in [0.2, 0.25) is 0 Å². The molecule has 0 aliphatic carbocycles. The van der Waals surface area contributed by atoms with E-state index < -0.39 is 5.97 Å². The lowest BCUT2D eigenvalue weighted by molar-refractivity contribution is -0.134. The number of carbonyl (C=O) groups is 2. The molecule has 1 aliphatic heterocycles. The van der Waals surface area contributed by atoms with Crippen molar-refractivity contribution in [3.8, 4) is 0 Å². The van der Waals surface area contributed by atoms with Crippen LogP contribution in [0.3, 0.4) is 0 Å². The molecule has 1 amide bonds. The van der Waals surface area contributed by atoms with Gasteiger partial charge >= 0.3 is 5.97 Å². The third-order valence-corrected chi connectivity index (χ3v) is 3.51. The number of hydrogen-bond acceptors (Lipinski definition) is 4. The first-order valence-electron chi connectivity index (χ1n) is 5.35. The van der Waals surface area contributed by atoms with Crippen LogP contribution in [0.4, 0.5) is 0 Å². The van der Waals surface area contributed by atoms with E-state index in [1.807, 2.05) is 0 Å². The van der Waals surface area contributed by atoms with Crippen LogP contribution in [0.1, 0.15) is 19.3 Å². The molecule has 0 aromatic heterocycles.